The van der Waals surface area contributed by atoms with Gasteiger partial charge in [0, 0.05) is 28.4 Å². The third kappa shape index (κ3) is 4.80. The fraction of sp³-hybridized carbons (Fsp3) is 0.222. The second-order valence-electron chi connectivity index (χ2n) is 8.54. The van der Waals surface area contributed by atoms with Gasteiger partial charge in [0.2, 0.25) is 5.91 Å². The van der Waals surface area contributed by atoms with Crippen molar-refractivity contribution in [3.63, 3.8) is 0 Å². The molecule has 0 bridgehead atoms. The smallest absolute Gasteiger partial charge is 0.255 e. The van der Waals surface area contributed by atoms with Crippen molar-refractivity contribution in [2.24, 2.45) is 5.92 Å². The van der Waals surface area contributed by atoms with Gasteiger partial charge in [-0.05, 0) is 67.4 Å². The summed E-state index contributed by atoms with van der Waals surface area (Å²) >= 11 is 0. The van der Waals surface area contributed by atoms with Gasteiger partial charge < -0.3 is 15.6 Å². The molecule has 6 heteroatoms. The van der Waals surface area contributed by atoms with Crippen LogP contribution < -0.4 is 10.6 Å². The second-order valence-corrected chi connectivity index (χ2v) is 8.54. The monoisotopic (exact) mass is 438 g/mol. The van der Waals surface area contributed by atoms with Crippen LogP contribution in [0, 0.1) is 5.92 Å². The highest BCUT2D eigenvalue weighted by molar-refractivity contribution is 6.05. The van der Waals surface area contributed by atoms with Crippen molar-refractivity contribution in [1.29, 1.82) is 0 Å². The second kappa shape index (κ2) is 9.28. The third-order valence-electron chi connectivity index (χ3n) is 6.18. The van der Waals surface area contributed by atoms with E-state index in [9.17, 15) is 9.59 Å². The molecule has 4 aromatic rings. The molecule has 1 fully saturated rings. The minimum Gasteiger partial charge on any atom is -0.338 e. The summed E-state index contributed by atoms with van der Waals surface area (Å²) in [6.07, 6.45) is 5.48. The molecule has 5 rings (SSSR count). The Kier molecular flexibility index (Phi) is 5.89. The van der Waals surface area contributed by atoms with Crippen LogP contribution in [-0.2, 0) is 4.79 Å². The van der Waals surface area contributed by atoms with Gasteiger partial charge in [0.15, 0.2) is 0 Å². The molecule has 1 heterocycles. The van der Waals surface area contributed by atoms with Gasteiger partial charge in [-0.1, -0.05) is 37.5 Å². The molecule has 0 unspecified atom stereocenters. The Balaban J connectivity index is 1.28. The molecule has 1 aliphatic rings. The summed E-state index contributed by atoms with van der Waals surface area (Å²) in [5.74, 6) is 0.837. The van der Waals surface area contributed by atoms with Crippen LogP contribution in [0.4, 0.5) is 11.4 Å². The maximum atomic E-state index is 12.5. The predicted molar refractivity (Wildman–Crippen MR) is 131 cm³/mol. The number of carbonyl (C=O) groups is 2. The molecule has 0 atom stereocenters. The average Bonchev–Trinajstić information content (AvgIpc) is 3.29. The lowest BCUT2D eigenvalue weighted by Gasteiger charge is -2.20. The van der Waals surface area contributed by atoms with Crippen LogP contribution >= 0.6 is 0 Å². The van der Waals surface area contributed by atoms with E-state index in [1.54, 1.807) is 12.1 Å². The van der Waals surface area contributed by atoms with Crippen LogP contribution in [0.3, 0.4) is 0 Å². The molecule has 1 aliphatic carbocycles. The number of carbonyl (C=O) groups excluding carboxylic acids is 2. The van der Waals surface area contributed by atoms with Crippen LogP contribution in [0.1, 0.15) is 42.5 Å². The summed E-state index contributed by atoms with van der Waals surface area (Å²) in [4.78, 5) is 32.9. The standard InChI is InChI=1S/C27H26N4O2/c32-26(19-7-3-1-4-8-19)28-21-13-11-18(12-14-21)25-30-23-16-15-22(17-24(23)31-25)29-27(33)20-9-5-2-6-10-20/h2,5-6,9-17,19H,1,3-4,7-8H2,(H,28,32)(H,29,33)(H,30,31). The number of hydrogen-bond acceptors (Lipinski definition) is 3. The topological polar surface area (TPSA) is 86.9 Å². The molecule has 0 saturated heterocycles. The largest absolute Gasteiger partial charge is 0.338 e. The molecule has 3 aromatic carbocycles. The van der Waals surface area contributed by atoms with Crippen molar-refractivity contribution in [3.05, 3.63) is 78.4 Å². The molecule has 0 aliphatic heterocycles. The maximum Gasteiger partial charge on any atom is 0.255 e. The fourth-order valence-electron chi connectivity index (χ4n) is 4.34. The first kappa shape index (κ1) is 20.9. The van der Waals surface area contributed by atoms with E-state index < -0.39 is 0 Å². The number of benzene rings is 3. The first-order valence-corrected chi connectivity index (χ1v) is 11.4. The maximum absolute atomic E-state index is 12.5. The van der Waals surface area contributed by atoms with Gasteiger partial charge in [-0.25, -0.2) is 4.98 Å². The third-order valence-corrected chi connectivity index (χ3v) is 6.18. The van der Waals surface area contributed by atoms with E-state index in [1.165, 1.54) is 6.42 Å². The number of anilines is 2. The number of imidazole rings is 1. The summed E-state index contributed by atoms with van der Waals surface area (Å²) in [5, 5.41) is 5.97. The Labute approximate surface area is 192 Å². The minimum atomic E-state index is -0.152. The van der Waals surface area contributed by atoms with Crippen LogP contribution in [-0.4, -0.2) is 21.8 Å². The molecule has 6 nitrogen and oxygen atoms in total. The summed E-state index contributed by atoms with van der Waals surface area (Å²) in [7, 11) is 0. The van der Waals surface area contributed by atoms with E-state index >= 15 is 0 Å². The molecular formula is C27H26N4O2. The first-order valence-electron chi connectivity index (χ1n) is 11.4. The average molecular weight is 439 g/mol. The number of aromatic nitrogens is 2. The molecular weight excluding hydrogens is 412 g/mol. The lowest BCUT2D eigenvalue weighted by atomic mass is 9.88. The van der Waals surface area contributed by atoms with E-state index in [0.29, 0.717) is 11.3 Å². The number of amides is 2. The number of hydrogen-bond donors (Lipinski definition) is 3. The molecule has 2 amide bonds. The van der Waals surface area contributed by atoms with Crippen molar-refractivity contribution >= 4 is 34.2 Å². The van der Waals surface area contributed by atoms with Gasteiger partial charge in [0.1, 0.15) is 5.82 Å². The Morgan fingerprint density at radius 3 is 2.30 bits per heavy atom. The number of nitrogens with one attached hydrogen (secondary N) is 3. The van der Waals surface area contributed by atoms with Crippen LogP contribution in [0.15, 0.2) is 72.8 Å². The van der Waals surface area contributed by atoms with Gasteiger partial charge in [-0.2, -0.15) is 0 Å². The summed E-state index contributed by atoms with van der Waals surface area (Å²) in [5.41, 5.74) is 4.70. The van der Waals surface area contributed by atoms with E-state index in [0.717, 1.165) is 53.8 Å². The summed E-state index contributed by atoms with van der Waals surface area (Å²) in [6.45, 7) is 0. The highest BCUT2D eigenvalue weighted by Gasteiger charge is 2.21. The first-order chi connectivity index (χ1) is 16.2. The van der Waals surface area contributed by atoms with Crippen molar-refractivity contribution in [2.75, 3.05) is 10.6 Å². The van der Waals surface area contributed by atoms with E-state index in [2.05, 4.69) is 20.6 Å². The number of nitrogens with zero attached hydrogens (tertiary/aromatic N) is 1. The molecule has 166 valence electrons. The number of fused-ring (bicyclic) bond motifs is 1. The molecule has 33 heavy (non-hydrogen) atoms. The highest BCUT2D eigenvalue weighted by atomic mass is 16.2. The zero-order valence-electron chi connectivity index (χ0n) is 18.3. The van der Waals surface area contributed by atoms with Crippen molar-refractivity contribution in [1.82, 2.24) is 9.97 Å². The Morgan fingerprint density at radius 1 is 0.818 bits per heavy atom. The van der Waals surface area contributed by atoms with Gasteiger partial charge in [-0.3, -0.25) is 9.59 Å². The highest BCUT2D eigenvalue weighted by Crippen LogP contribution is 2.27. The van der Waals surface area contributed by atoms with Gasteiger partial charge in [0.05, 0.1) is 11.0 Å². The predicted octanol–water partition coefficient (Wildman–Crippen LogP) is 6.00. The zero-order chi connectivity index (χ0) is 22.6. The SMILES string of the molecule is O=C(Nc1ccc2nc(-c3ccc(NC(=O)C4CCCCC4)cc3)[nH]c2c1)c1ccccc1. The normalized spacial score (nSPS) is 14.2. The number of H-pyrrole nitrogens is 1. The van der Waals surface area contributed by atoms with Crippen LogP contribution in [0.5, 0.6) is 0 Å². The van der Waals surface area contributed by atoms with Crippen molar-refractivity contribution in [2.45, 2.75) is 32.1 Å². The van der Waals surface area contributed by atoms with E-state index in [-0.39, 0.29) is 17.7 Å². The molecule has 3 N–H and O–H groups in total. The summed E-state index contributed by atoms with van der Waals surface area (Å²) < 4.78 is 0. The quantitative estimate of drug-likeness (QED) is 0.357. The van der Waals surface area contributed by atoms with Crippen molar-refractivity contribution in [3.8, 4) is 11.4 Å². The Hall–Kier alpha value is -3.93. The van der Waals surface area contributed by atoms with Gasteiger partial charge in [0.25, 0.3) is 5.91 Å². The molecule has 0 radical (unpaired) electrons. The van der Waals surface area contributed by atoms with Crippen LogP contribution in [0.2, 0.25) is 0 Å². The number of rotatable bonds is 5. The fourth-order valence-corrected chi connectivity index (χ4v) is 4.34. The number of aromatic amines is 1. The molecule has 0 spiro atoms. The lowest BCUT2D eigenvalue weighted by Crippen LogP contribution is -2.24. The Bertz CT molecular complexity index is 1270. The van der Waals surface area contributed by atoms with E-state index in [4.69, 9.17) is 0 Å². The molecule has 1 saturated carbocycles. The van der Waals surface area contributed by atoms with Crippen molar-refractivity contribution < 1.29 is 9.59 Å². The summed E-state index contributed by atoms with van der Waals surface area (Å²) in [6, 6.07) is 22.5. The van der Waals surface area contributed by atoms with E-state index in [1.807, 2.05) is 60.7 Å². The zero-order valence-corrected chi connectivity index (χ0v) is 18.3. The Morgan fingerprint density at radius 2 is 1.55 bits per heavy atom. The van der Waals surface area contributed by atoms with Gasteiger partial charge >= 0.3 is 0 Å². The van der Waals surface area contributed by atoms with Gasteiger partial charge in [-0.15, -0.1) is 0 Å². The molecule has 1 aromatic heterocycles. The lowest BCUT2D eigenvalue weighted by molar-refractivity contribution is -0.120. The minimum absolute atomic E-state index is 0.122. The van der Waals surface area contributed by atoms with Crippen LogP contribution in [0.25, 0.3) is 22.4 Å².